The van der Waals surface area contributed by atoms with Crippen LogP contribution in [0.5, 0.6) is 0 Å². The average Bonchev–Trinajstić information content (AvgIpc) is 3.17. The number of benzene rings is 2. The van der Waals surface area contributed by atoms with E-state index in [4.69, 9.17) is 23.2 Å². The lowest BCUT2D eigenvalue weighted by Gasteiger charge is -2.45. The van der Waals surface area contributed by atoms with Gasteiger partial charge >= 0.3 is 6.18 Å². The molecular weight excluding hydrogens is 479 g/mol. The minimum atomic E-state index is -4.58. The van der Waals surface area contributed by atoms with Gasteiger partial charge in [-0.25, -0.2) is 4.39 Å². The van der Waals surface area contributed by atoms with Gasteiger partial charge in [-0.05, 0) is 34.9 Å². The Morgan fingerprint density at radius 1 is 1.03 bits per heavy atom. The first-order chi connectivity index (χ1) is 15.3. The number of likely N-dealkylation sites (tertiary alicyclic amines) is 1. The Morgan fingerprint density at radius 2 is 1.61 bits per heavy atom. The van der Waals surface area contributed by atoms with Crippen molar-refractivity contribution in [3.05, 3.63) is 69.2 Å². The van der Waals surface area contributed by atoms with Gasteiger partial charge in [-0.15, -0.1) is 0 Å². The van der Waals surface area contributed by atoms with Gasteiger partial charge in [0, 0.05) is 28.1 Å². The molecule has 9 heteroatoms. The molecule has 33 heavy (non-hydrogen) atoms. The summed E-state index contributed by atoms with van der Waals surface area (Å²) in [6.45, 7) is 2.98. The molecule has 176 valence electrons. The summed E-state index contributed by atoms with van der Waals surface area (Å²) in [6, 6.07) is 10.2. The molecule has 1 saturated heterocycles. The number of halogens is 6. The van der Waals surface area contributed by atoms with E-state index in [0.29, 0.717) is 11.1 Å². The number of carbonyl (C=O) groups excluding carboxylic acids is 1. The number of carbonyl (C=O) groups is 1. The van der Waals surface area contributed by atoms with Crippen LogP contribution in [0.2, 0.25) is 10.0 Å². The third-order valence-electron chi connectivity index (χ3n) is 6.39. The summed E-state index contributed by atoms with van der Waals surface area (Å²) >= 11 is 11.9. The van der Waals surface area contributed by atoms with Gasteiger partial charge in [-0.2, -0.15) is 13.2 Å². The van der Waals surface area contributed by atoms with Gasteiger partial charge in [0.05, 0.1) is 19.6 Å². The van der Waals surface area contributed by atoms with Gasteiger partial charge < -0.3 is 4.90 Å². The van der Waals surface area contributed by atoms with Crippen LogP contribution in [0.1, 0.15) is 37.0 Å². The summed E-state index contributed by atoms with van der Waals surface area (Å²) in [5.41, 5.74) is -2.75. The summed E-state index contributed by atoms with van der Waals surface area (Å²) < 4.78 is 57.9. The summed E-state index contributed by atoms with van der Waals surface area (Å²) in [5, 5.41) is 0.246. The van der Waals surface area contributed by atoms with Gasteiger partial charge in [0.1, 0.15) is 5.41 Å². The number of alkyl halides is 4. The van der Waals surface area contributed by atoms with Crippen LogP contribution in [0.3, 0.4) is 0 Å². The van der Waals surface area contributed by atoms with Crippen LogP contribution in [0.4, 0.5) is 17.6 Å². The Labute approximate surface area is 199 Å². The van der Waals surface area contributed by atoms with E-state index in [1.54, 1.807) is 38.1 Å². The number of nitrogens with zero attached hydrogens (tertiary/aromatic N) is 2. The highest BCUT2D eigenvalue weighted by Crippen LogP contribution is 2.49. The van der Waals surface area contributed by atoms with Gasteiger partial charge in [0.15, 0.2) is 5.67 Å². The maximum Gasteiger partial charge on any atom is 0.400 e. The predicted octanol–water partition coefficient (Wildman–Crippen LogP) is 6.35. The fraction of sp³-hybridized carbons (Fsp3) is 0.417. The minimum absolute atomic E-state index is 0.0307. The second-order valence-electron chi connectivity index (χ2n) is 9.07. The molecule has 2 aliphatic heterocycles. The van der Waals surface area contributed by atoms with Crippen molar-refractivity contribution in [3.63, 3.8) is 0 Å². The maximum absolute atomic E-state index is 15.2. The first kappa shape index (κ1) is 24.0. The molecule has 3 nitrogen and oxygen atoms in total. The van der Waals surface area contributed by atoms with Crippen molar-refractivity contribution >= 4 is 34.8 Å². The molecule has 2 aromatic rings. The van der Waals surface area contributed by atoms with E-state index in [0.717, 1.165) is 0 Å². The molecular formula is C24H22Cl2F4N2O. The van der Waals surface area contributed by atoms with E-state index in [-0.39, 0.29) is 52.7 Å². The predicted molar refractivity (Wildman–Crippen MR) is 121 cm³/mol. The van der Waals surface area contributed by atoms with E-state index >= 15 is 4.39 Å². The summed E-state index contributed by atoms with van der Waals surface area (Å²) in [6.07, 6.45) is -4.95. The van der Waals surface area contributed by atoms with Crippen molar-refractivity contribution in [1.82, 2.24) is 4.90 Å². The van der Waals surface area contributed by atoms with Gasteiger partial charge in [0.25, 0.3) is 0 Å². The zero-order valence-corrected chi connectivity index (χ0v) is 19.5. The lowest BCUT2D eigenvalue weighted by atomic mass is 9.76. The number of hydrogen-bond donors (Lipinski definition) is 0. The highest BCUT2D eigenvalue weighted by Gasteiger charge is 2.58. The molecule has 0 aromatic heterocycles. The second kappa shape index (κ2) is 8.27. The Balaban J connectivity index is 1.55. The van der Waals surface area contributed by atoms with Crippen molar-refractivity contribution < 1.29 is 22.4 Å². The smallest absolute Gasteiger partial charge is 0.335 e. The molecule has 2 aliphatic rings. The second-order valence-corrected chi connectivity index (χ2v) is 9.94. The van der Waals surface area contributed by atoms with Crippen LogP contribution in [0, 0.1) is 5.92 Å². The summed E-state index contributed by atoms with van der Waals surface area (Å²) in [4.78, 5) is 17.7. The van der Waals surface area contributed by atoms with Crippen LogP contribution in [-0.4, -0.2) is 42.3 Å². The number of aliphatic imine (C=N–C) groups is 1. The molecule has 1 atom stereocenters. The lowest BCUT2D eigenvalue weighted by Crippen LogP contribution is -2.59. The first-order valence-corrected chi connectivity index (χ1v) is 11.3. The first-order valence-electron chi connectivity index (χ1n) is 10.5. The molecule has 2 heterocycles. The van der Waals surface area contributed by atoms with E-state index in [9.17, 15) is 18.0 Å². The zero-order valence-electron chi connectivity index (χ0n) is 18.0. The molecule has 0 aliphatic carbocycles. The SMILES string of the molecule is CC(C)C(=O)N1CC(F)(c2ccc(C3=NCC(c4cc(Cl)cc(Cl)c4)(C(F)(F)F)C3)cc2)C1. The van der Waals surface area contributed by atoms with Crippen LogP contribution in [0.25, 0.3) is 0 Å². The molecule has 0 saturated carbocycles. The van der Waals surface area contributed by atoms with E-state index in [1.165, 1.54) is 23.1 Å². The van der Waals surface area contributed by atoms with Crippen LogP contribution in [0.15, 0.2) is 47.5 Å². The normalized spacial score (nSPS) is 22.3. The highest BCUT2D eigenvalue weighted by atomic mass is 35.5. The molecule has 0 N–H and O–H groups in total. The number of amides is 1. The highest BCUT2D eigenvalue weighted by molar-refractivity contribution is 6.34. The standard InChI is InChI=1S/C24H22Cl2F4N2O/c1-14(2)21(33)32-12-23(27,13-32)16-5-3-15(4-6-16)20-10-22(11-31-20,24(28,29)30)17-7-18(25)9-19(26)8-17/h3-9,14H,10-13H2,1-2H3. The largest absolute Gasteiger partial charge is 0.400 e. The average molecular weight is 501 g/mol. The fourth-order valence-corrected chi connectivity index (χ4v) is 4.95. The van der Waals surface area contributed by atoms with Crippen molar-refractivity contribution in [3.8, 4) is 0 Å². The quantitative estimate of drug-likeness (QED) is 0.450. The maximum atomic E-state index is 15.2. The van der Waals surface area contributed by atoms with Gasteiger partial charge in [-0.3, -0.25) is 9.79 Å². The Hall–Kier alpha value is -2.12. The molecule has 1 unspecified atom stereocenters. The van der Waals surface area contributed by atoms with E-state index in [1.807, 2.05) is 0 Å². The van der Waals surface area contributed by atoms with E-state index < -0.39 is 23.8 Å². The molecule has 0 radical (unpaired) electrons. The van der Waals surface area contributed by atoms with Gasteiger partial charge in [-0.1, -0.05) is 61.3 Å². The summed E-state index contributed by atoms with van der Waals surface area (Å²) in [5.74, 6) is -0.314. The van der Waals surface area contributed by atoms with Crippen LogP contribution < -0.4 is 0 Å². The molecule has 2 aromatic carbocycles. The van der Waals surface area contributed by atoms with Gasteiger partial charge in [0.2, 0.25) is 5.91 Å². The molecule has 1 fully saturated rings. The van der Waals surface area contributed by atoms with Crippen molar-refractivity contribution in [2.24, 2.45) is 10.9 Å². The number of hydrogen-bond acceptors (Lipinski definition) is 2. The molecule has 0 bridgehead atoms. The van der Waals surface area contributed by atoms with Crippen molar-refractivity contribution in [2.45, 2.75) is 37.5 Å². The molecule has 0 spiro atoms. The van der Waals surface area contributed by atoms with Crippen LogP contribution >= 0.6 is 23.2 Å². The van der Waals surface area contributed by atoms with Crippen molar-refractivity contribution in [2.75, 3.05) is 19.6 Å². The topological polar surface area (TPSA) is 32.7 Å². The Bertz CT molecular complexity index is 1090. The Kier molecular flexibility index (Phi) is 6.02. The monoisotopic (exact) mass is 500 g/mol. The molecule has 4 rings (SSSR count). The fourth-order valence-electron chi connectivity index (χ4n) is 4.42. The zero-order chi connectivity index (χ0) is 24.2. The lowest BCUT2D eigenvalue weighted by molar-refractivity contribution is -0.183. The number of rotatable bonds is 4. The summed E-state index contributed by atoms with van der Waals surface area (Å²) in [7, 11) is 0. The van der Waals surface area contributed by atoms with Crippen LogP contribution in [-0.2, 0) is 15.9 Å². The Morgan fingerprint density at radius 3 is 2.12 bits per heavy atom. The third kappa shape index (κ3) is 4.26. The van der Waals surface area contributed by atoms with E-state index in [2.05, 4.69) is 4.99 Å². The van der Waals surface area contributed by atoms with Crippen molar-refractivity contribution in [1.29, 1.82) is 0 Å². The minimum Gasteiger partial charge on any atom is -0.335 e. The molecule has 1 amide bonds. The third-order valence-corrected chi connectivity index (χ3v) is 6.83.